The van der Waals surface area contributed by atoms with Crippen LogP contribution in [0.2, 0.25) is 0 Å². The van der Waals surface area contributed by atoms with E-state index in [1.807, 2.05) is 48.5 Å². The summed E-state index contributed by atoms with van der Waals surface area (Å²) in [6.07, 6.45) is 6.42. The van der Waals surface area contributed by atoms with Crippen molar-refractivity contribution in [1.29, 1.82) is 0 Å². The molecule has 8 nitrogen and oxygen atoms in total. The molecule has 5 aromatic rings. The Morgan fingerprint density at radius 3 is 1.70 bits per heavy atom. The highest BCUT2D eigenvalue weighted by Gasteiger charge is 2.25. The molecule has 2 aromatic carbocycles. The standard InChI is InChI=1S/C32H24N8/c1-5-17-19(7-3)27-34-25(17)33-26-18(6-2)20(8-4)28(35-26)37-30-22-14-10-12-16-24(22)32(39-30)40-31-23-15-11-9-13-21(23)29(36-27)38-31/h5-16,27,39H,1-4H2,(H,36,38,40)(H,33,34,35,37). The summed E-state index contributed by atoms with van der Waals surface area (Å²) in [6, 6.07) is 16.0. The topological polar surface area (TPSA) is 109 Å². The minimum atomic E-state index is -0.560. The van der Waals surface area contributed by atoms with Crippen molar-refractivity contribution >= 4 is 51.2 Å². The van der Waals surface area contributed by atoms with E-state index in [2.05, 4.69) is 41.3 Å². The van der Waals surface area contributed by atoms with Gasteiger partial charge in [0.05, 0.1) is 0 Å². The van der Waals surface area contributed by atoms with Gasteiger partial charge in [0, 0.05) is 43.8 Å². The molecule has 2 aliphatic rings. The Hall–Kier alpha value is -5.63. The van der Waals surface area contributed by atoms with E-state index < -0.39 is 6.17 Å². The molecule has 0 saturated heterocycles. The van der Waals surface area contributed by atoms with Gasteiger partial charge in [0.2, 0.25) is 0 Å². The van der Waals surface area contributed by atoms with Crippen LogP contribution in [-0.4, -0.2) is 27.0 Å². The van der Waals surface area contributed by atoms with E-state index in [1.54, 1.807) is 24.3 Å². The van der Waals surface area contributed by atoms with Crippen molar-refractivity contribution in [3.05, 3.63) is 131 Å². The van der Waals surface area contributed by atoms with Crippen LogP contribution in [0, 0.1) is 0 Å². The zero-order chi connectivity index (χ0) is 27.4. The molecule has 192 valence electrons. The lowest BCUT2D eigenvalue weighted by Gasteiger charge is -2.03. The Morgan fingerprint density at radius 2 is 1.10 bits per heavy atom. The second-order valence-electron chi connectivity index (χ2n) is 9.36. The SMILES string of the molecule is C=CC1=C(C=C)C2N=C1N=c1[nH]/c(c(C=C)c1C=C)=N\c1[nH]c(c3ccccc13)/N=c1\[nH]/c(c3ccccc13)=N\2. The van der Waals surface area contributed by atoms with E-state index >= 15 is 0 Å². The molecule has 8 heteroatoms. The maximum absolute atomic E-state index is 5.04. The van der Waals surface area contributed by atoms with Gasteiger partial charge in [0.25, 0.3) is 0 Å². The molecule has 7 rings (SSSR count). The smallest absolute Gasteiger partial charge is 0.170 e. The molecular formula is C32H24N8. The van der Waals surface area contributed by atoms with Crippen LogP contribution >= 0.6 is 0 Å². The van der Waals surface area contributed by atoms with Gasteiger partial charge < -0.3 is 15.0 Å². The van der Waals surface area contributed by atoms with Gasteiger partial charge >= 0.3 is 0 Å². The molecule has 0 aliphatic carbocycles. The molecule has 0 saturated carbocycles. The molecule has 0 amide bonds. The third-order valence-corrected chi connectivity index (χ3v) is 7.21. The highest BCUT2D eigenvalue weighted by Crippen LogP contribution is 2.33. The number of nitrogens with one attached hydrogen (secondary N) is 3. The number of aromatic amines is 3. The summed E-state index contributed by atoms with van der Waals surface area (Å²) in [5.74, 6) is 1.83. The highest BCUT2D eigenvalue weighted by atomic mass is 15.1. The van der Waals surface area contributed by atoms with Crippen LogP contribution < -0.4 is 22.0 Å². The molecule has 40 heavy (non-hydrogen) atoms. The Morgan fingerprint density at radius 1 is 0.550 bits per heavy atom. The Kier molecular flexibility index (Phi) is 5.28. The zero-order valence-corrected chi connectivity index (χ0v) is 21.6. The number of amidine groups is 1. The summed E-state index contributed by atoms with van der Waals surface area (Å²) >= 11 is 0. The third kappa shape index (κ3) is 3.43. The lowest BCUT2D eigenvalue weighted by atomic mass is 10.1. The molecule has 1 unspecified atom stereocenters. The number of fused-ring (bicyclic) bond motifs is 13. The molecule has 0 spiro atoms. The molecule has 2 aliphatic heterocycles. The second kappa shape index (κ2) is 8.99. The third-order valence-electron chi connectivity index (χ3n) is 7.21. The number of benzene rings is 2. The average Bonchev–Trinajstić information content (AvgIpc) is 3.70. The molecule has 1 atom stereocenters. The minimum absolute atomic E-state index is 0.491. The van der Waals surface area contributed by atoms with Crippen molar-refractivity contribution in [2.75, 3.05) is 0 Å². The van der Waals surface area contributed by atoms with Crippen LogP contribution in [0.3, 0.4) is 0 Å². The number of nitrogens with zero attached hydrogens (tertiary/aromatic N) is 5. The first-order valence-electron chi connectivity index (χ1n) is 12.8. The van der Waals surface area contributed by atoms with Gasteiger partial charge in [0.15, 0.2) is 12.0 Å². The monoisotopic (exact) mass is 520 g/mol. The van der Waals surface area contributed by atoms with E-state index in [9.17, 15) is 0 Å². The fraction of sp³-hybridized carbons (Fsp3) is 0.0312. The van der Waals surface area contributed by atoms with Crippen LogP contribution in [0.15, 0.2) is 123 Å². The summed E-state index contributed by atoms with van der Waals surface area (Å²) in [4.78, 5) is 35.1. The molecule has 3 aromatic heterocycles. The van der Waals surface area contributed by atoms with Crippen molar-refractivity contribution in [3.63, 3.8) is 0 Å². The van der Waals surface area contributed by atoms with Crippen molar-refractivity contribution < 1.29 is 0 Å². The summed E-state index contributed by atoms with van der Waals surface area (Å²) in [5.41, 5.74) is 5.63. The Balaban J connectivity index is 1.68. The van der Waals surface area contributed by atoms with Crippen LogP contribution in [-0.2, 0) is 0 Å². The normalized spacial score (nSPS) is 18.6. The van der Waals surface area contributed by atoms with Crippen molar-refractivity contribution in [1.82, 2.24) is 15.0 Å². The van der Waals surface area contributed by atoms with Crippen LogP contribution in [0.4, 0.5) is 11.6 Å². The van der Waals surface area contributed by atoms with Gasteiger partial charge in [0.1, 0.15) is 33.6 Å². The fourth-order valence-electron chi connectivity index (χ4n) is 5.33. The summed E-state index contributed by atoms with van der Waals surface area (Å²) in [7, 11) is 0. The summed E-state index contributed by atoms with van der Waals surface area (Å²) in [6.45, 7) is 16.1. The first-order valence-corrected chi connectivity index (χ1v) is 12.8. The molecule has 3 N–H and O–H groups in total. The van der Waals surface area contributed by atoms with E-state index in [1.165, 1.54) is 0 Å². The molecule has 5 heterocycles. The lowest BCUT2D eigenvalue weighted by molar-refractivity contribution is 0.815. The molecule has 0 fully saturated rings. The van der Waals surface area contributed by atoms with Gasteiger partial charge in [-0.05, 0) is 0 Å². The quantitative estimate of drug-likeness (QED) is 0.302. The van der Waals surface area contributed by atoms with E-state index in [4.69, 9.17) is 25.0 Å². The van der Waals surface area contributed by atoms with Gasteiger partial charge in [-0.25, -0.2) is 25.0 Å². The largest absolute Gasteiger partial charge is 0.324 e. The number of hydrogen-bond acceptors (Lipinski definition) is 5. The molecule has 8 bridgehead atoms. The van der Waals surface area contributed by atoms with E-state index in [0.717, 1.165) is 43.8 Å². The first kappa shape index (κ1) is 23.5. The maximum atomic E-state index is 5.04. The van der Waals surface area contributed by atoms with Gasteiger partial charge in [-0.1, -0.05) is 99.2 Å². The van der Waals surface area contributed by atoms with Crippen LogP contribution in [0.5, 0.6) is 0 Å². The number of aromatic nitrogens is 3. The molecular weight excluding hydrogens is 496 g/mol. The predicted octanol–water partition coefficient (Wildman–Crippen LogP) is 4.83. The number of rotatable bonds is 4. The number of H-pyrrole nitrogens is 3. The Bertz CT molecular complexity index is 2250. The molecule has 0 radical (unpaired) electrons. The fourth-order valence-corrected chi connectivity index (χ4v) is 5.33. The van der Waals surface area contributed by atoms with E-state index in [-0.39, 0.29) is 0 Å². The second-order valence-corrected chi connectivity index (χ2v) is 9.36. The van der Waals surface area contributed by atoms with Crippen molar-refractivity contribution in [2.45, 2.75) is 6.17 Å². The van der Waals surface area contributed by atoms with Gasteiger partial charge in [-0.15, -0.1) is 0 Å². The first-order chi connectivity index (χ1) is 19.6. The van der Waals surface area contributed by atoms with Gasteiger partial charge in [-0.3, -0.25) is 0 Å². The van der Waals surface area contributed by atoms with Crippen molar-refractivity contribution in [2.24, 2.45) is 25.0 Å². The predicted molar refractivity (Wildman–Crippen MR) is 160 cm³/mol. The summed E-state index contributed by atoms with van der Waals surface area (Å²) in [5, 5.41) is 3.76. The maximum Gasteiger partial charge on any atom is 0.170 e. The average molecular weight is 521 g/mol. The van der Waals surface area contributed by atoms with Gasteiger partial charge in [-0.2, -0.15) is 0 Å². The lowest BCUT2D eigenvalue weighted by Crippen LogP contribution is -2.15. The van der Waals surface area contributed by atoms with Crippen LogP contribution in [0.1, 0.15) is 11.1 Å². The van der Waals surface area contributed by atoms with Crippen molar-refractivity contribution in [3.8, 4) is 0 Å². The Labute approximate surface area is 228 Å². The minimum Gasteiger partial charge on any atom is -0.324 e. The summed E-state index contributed by atoms with van der Waals surface area (Å²) < 4.78 is 0. The van der Waals surface area contributed by atoms with E-state index in [0.29, 0.717) is 39.4 Å². The zero-order valence-electron chi connectivity index (χ0n) is 21.6. The highest BCUT2D eigenvalue weighted by molar-refractivity contribution is 6.05. The number of hydrogen-bond donors (Lipinski definition) is 3. The number of aliphatic imine (C=N–C) groups is 1. The van der Waals surface area contributed by atoms with Crippen LogP contribution in [0.25, 0.3) is 33.7 Å².